The zero-order valence-corrected chi connectivity index (χ0v) is 18.1. The van der Waals surface area contributed by atoms with Crippen LogP contribution in [0.2, 0.25) is 5.02 Å². The smallest absolute Gasteiger partial charge is 0.255 e. The van der Waals surface area contributed by atoms with E-state index in [1.165, 1.54) is 18.2 Å². The number of nitrogens with two attached hydrogens (primary N) is 1. The maximum atomic E-state index is 12.9. The number of morpholine rings is 1. The Balaban J connectivity index is 1.45. The number of fused-ring (bicyclic) bond motifs is 2. The summed E-state index contributed by atoms with van der Waals surface area (Å²) < 4.78 is 11.2. The third-order valence-corrected chi connectivity index (χ3v) is 6.38. The molecular weight excluding hydrogens is 402 g/mol. The number of nitrogens with one attached hydrogen (secondary N) is 1. The summed E-state index contributed by atoms with van der Waals surface area (Å²) in [5.74, 6) is 0.236. The summed E-state index contributed by atoms with van der Waals surface area (Å²) in [5.41, 5.74) is 9.20. The number of halogens is 1. The molecule has 2 aliphatic rings. The van der Waals surface area contributed by atoms with Gasteiger partial charge in [-0.25, -0.2) is 0 Å². The molecule has 160 valence electrons. The molecule has 2 saturated heterocycles. The SMILES string of the molecule is COc1cc(N)c(Cl)cc1C(=O)NC1CC2COCC(C1)N2Cc1ccc(C)cc1. The predicted octanol–water partition coefficient (Wildman–Crippen LogP) is 3.40. The zero-order valence-electron chi connectivity index (χ0n) is 17.4. The van der Waals surface area contributed by atoms with Crippen LogP contribution >= 0.6 is 11.6 Å². The minimum atomic E-state index is -0.190. The maximum absolute atomic E-state index is 12.9. The van der Waals surface area contributed by atoms with Gasteiger partial charge in [0.15, 0.2) is 0 Å². The van der Waals surface area contributed by atoms with Gasteiger partial charge in [0, 0.05) is 30.7 Å². The topological polar surface area (TPSA) is 76.8 Å². The lowest BCUT2D eigenvalue weighted by Crippen LogP contribution is -2.60. The number of anilines is 1. The lowest BCUT2D eigenvalue weighted by atomic mass is 9.89. The van der Waals surface area contributed by atoms with E-state index < -0.39 is 0 Å². The molecule has 0 aromatic heterocycles. The van der Waals surface area contributed by atoms with Gasteiger partial charge in [-0.1, -0.05) is 41.4 Å². The van der Waals surface area contributed by atoms with Gasteiger partial charge in [0.05, 0.1) is 36.6 Å². The second-order valence-corrected chi connectivity index (χ2v) is 8.63. The molecule has 2 heterocycles. The number of amides is 1. The van der Waals surface area contributed by atoms with Crippen molar-refractivity contribution in [1.82, 2.24) is 10.2 Å². The summed E-state index contributed by atoms with van der Waals surface area (Å²) in [6.07, 6.45) is 1.69. The second kappa shape index (κ2) is 8.84. The number of carbonyl (C=O) groups excluding carboxylic acids is 1. The molecule has 3 N–H and O–H groups in total. The molecule has 2 unspecified atom stereocenters. The molecule has 4 rings (SSSR count). The fourth-order valence-electron chi connectivity index (χ4n) is 4.45. The van der Waals surface area contributed by atoms with E-state index in [0.717, 1.165) is 19.4 Å². The number of methoxy groups -OCH3 is 1. The Kier molecular flexibility index (Phi) is 6.18. The lowest BCUT2D eigenvalue weighted by molar-refractivity contribution is -0.0843. The monoisotopic (exact) mass is 429 g/mol. The van der Waals surface area contributed by atoms with E-state index in [1.54, 1.807) is 12.1 Å². The predicted molar refractivity (Wildman–Crippen MR) is 118 cm³/mol. The first-order valence-electron chi connectivity index (χ1n) is 10.3. The van der Waals surface area contributed by atoms with Crippen molar-refractivity contribution in [2.75, 3.05) is 26.1 Å². The van der Waals surface area contributed by atoms with Crippen molar-refractivity contribution in [2.24, 2.45) is 0 Å². The number of aryl methyl sites for hydroxylation is 1. The van der Waals surface area contributed by atoms with E-state index in [-0.39, 0.29) is 24.0 Å². The summed E-state index contributed by atoms with van der Waals surface area (Å²) >= 11 is 6.13. The van der Waals surface area contributed by atoms with Crippen molar-refractivity contribution in [3.63, 3.8) is 0 Å². The van der Waals surface area contributed by atoms with Crippen LogP contribution in [0.15, 0.2) is 36.4 Å². The van der Waals surface area contributed by atoms with Crippen LogP contribution in [-0.2, 0) is 11.3 Å². The van der Waals surface area contributed by atoms with Crippen LogP contribution in [0.5, 0.6) is 5.75 Å². The number of piperidine rings is 1. The molecule has 2 aromatic carbocycles. The third-order valence-electron chi connectivity index (χ3n) is 6.06. The molecule has 0 radical (unpaired) electrons. The summed E-state index contributed by atoms with van der Waals surface area (Å²) in [7, 11) is 1.52. The number of hydrogen-bond acceptors (Lipinski definition) is 5. The Morgan fingerprint density at radius 1 is 1.23 bits per heavy atom. The van der Waals surface area contributed by atoms with Crippen LogP contribution in [0.25, 0.3) is 0 Å². The number of carbonyl (C=O) groups is 1. The summed E-state index contributed by atoms with van der Waals surface area (Å²) in [4.78, 5) is 15.5. The number of rotatable bonds is 5. The lowest BCUT2D eigenvalue weighted by Gasteiger charge is -2.48. The molecule has 2 aliphatic heterocycles. The highest BCUT2D eigenvalue weighted by atomic mass is 35.5. The van der Waals surface area contributed by atoms with E-state index in [2.05, 4.69) is 41.4 Å². The molecule has 30 heavy (non-hydrogen) atoms. The average molecular weight is 430 g/mol. The molecule has 2 bridgehead atoms. The molecule has 2 fully saturated rings. The van der Waals surface area contributed by atoms with E-state index in [1.807, 2.05) is 0 Å². The van der Waals surface area contributed by atoms with Gasteiger partial charge in [-0.05, 0) is 31.4 Å². The number of nitrogen functional groups attached to an aromatic ring is 1. The third kappa shape index (κ3) is 4.41. The highest BCUT2D eigenvalue weighted by molar-refractivity contribution is 6.33. The number of benzene rings is 2. The van der Waals surface area contributed by atoms with Crippen molar-refractivity contribution in [3.8, 4) is 5.75 Å². The van der Waals surface area contributed by atoms with E-state index in [4.69, 9.17) is 26.8 Å². The Hall–Kier alpha value is -2.28. The van der Waals surface area contributed by atoms with Gasteiger partial charge >= 0.3 is 0 Å². The first-order valence-corrected chi connectivity index (χ1v) is 10.6. The van der Waals surface area contributed by atoms with Crippen molar-refractivity contribution in [3.05, 3.63) is 58.1 Å². The molecule has 7 heteroatoms. The number of ether oxygens (including phenoxy) is 2. The van der Waals surface area contributed by atoms with Gasteiger partial charge in [0.2, 0.25) is 0 Å². The highest BCUT2D eigenvalue weighted by Crippen LogP contribution is 2.32. The molecule has 1 amide bonds. The van der Waals surface area contributed by atoms with Gasteiger partial charge in [0.25, 0.3) is 5.91 Å². The largest absolute Gasteiger partial charge is 0.496 e. The van der Waals surface area contributed by atoms with Crippen molar-refractivity contribution >= 4 is 23.2 Å². The Morgan fingerprint density at radius 2 is 1.90 bits per heavy atom. The normalized spacial score (nSPS) is 23.8. The summed E-state index contributed by atoms with van der Waals surface area (Å²) in [6, 6.07) is 12.5. The van der Waals surface area contributed by atoms with E-state index in [9.17, 15) is 4.79 Å². The van der Waals surface area contributed by atoms with Gasteiger partial charge < -0.3 is 20.5 Å². The first kappa shape index (κ1) is 21.0. The standard InChI is InChI=1S/C23H28ClN3O3/c1-14-3-5-15(6-4-14)11-27-17-7-16(8-18(27)13-30-12-17)26-23(28)19-9-20(24)21(25)10-22(19)29-2/h3-6,9-10,16-18H,7-8,11-13,25H2,1-2H3,(H,26,28). The fourth-order valence-corrected chi connectivity index (χ4v) is 4.61. The molecule has 6 nitrogen and oxygen atoms in total. The minimum Gasteiger partial charge on any atom is -0.496 e. The minimum absolute atomic E-state index is 0.0757. The van der Waals surface area contributed by atoms with Crippen molar-refractivity contribution in [2.45, 2.75) is 44.4 Å². The fraction of sp³-hybridized carbons (Fsp3) is 0.435. The van der Waals surface area contributed by atoms with E-state index in [0.29, 0.717) is 35.2 Å². The van der Waals surface area contributed by atoms with E-state index >= 15 is 0 Å². The van der Waals surface area contributed by atoms with Crippen LogP contribution in [0.3, 0.4) is 0 Å². The molecule has 0 saturated carbocycles. The number of nitrogens with zero attached hydrogens (tertiary/aromatic N) is 1. The maximum Gasteiger partial charge on any atom is 0.255 e. The molecule has 0 spiro atoms. The zero-order chi connectivity index (χ0) is 21.3. The van der Waals surface area contributed by atoms with Crippen LogP contribution in [0.1, 0.15) is 34.3 Å². The quantitative estimate of drug-likeness (QED) is 0.712. The van der Waals surface area contributed by atoms with Gasteiger partial charge in [0.1, 0.15) is 5.75 Å². The Bertz CT molecular complexity index is 905. The molecule has 0 aliphatic carbocycles. The number of hydrogen-bond donors (Lipinski definition) is 2. The molecule has 2 aromatic rings. The van der Waals surface area contributed by atoms with Crippen LogP contribution in [-0.4, -0.2) is 49.3 Å². The van der Waals surface area contributed by atoms with Crippen LogP contribution < -0.4 is 15.8 Å². The van der Waals surface area contributed by atoms with Gasteiger partial charge in [-0.15, -0.1) is 0 Å². The summed E-state index contributed by atoms with van der Waals surface area (Å²) in [6.45, 7) is 4.38. The van der Waals surface area contributed by atoms with Gasteiger partial charge in [-0.2, -0.15) is 0 Å². The Labute approximate surface area is 182 Å². The van der Waals surface area contributed by atoms with Crippen molar-refractivity contribution in [1.29, 1.82) is 0 Å². The average Bonchev–Trinajstić information content (AvgIpc) is 2.71. The highest BCUT2D eigenvalue weighted by Gasteiger charge is 2.39. The second-order valence-electron chi connectivity index (χ2n) is 8.22. The summed E-state index contributed by atoms with van der Waals surface area (Å²) in [5, 5.41) is 3.52. The van der Waals surface area contributed by atoms with Gasteiger partial charge in [-0.3, -0.25) is 9.69 Å². The molecular formula is C23H28ClN3O3. The first-order chi connectivity index (χ1) is 14.4. The van der Waals surface area contributed by atoms with Crippen LogP contribution in [0, 0.1) is 6.92 Å². The molecule has 2 atom stereocenters. The van der Waals surface area contributed by atoms with Crippen LogP contribution in [0.4, 0.5) is 5.69 Å². The Morgan fingerprint density at radius 3 is 2.53 bits per heavy atom. The van der Waals surface area contributed by atoms with Crippen molar-refractivity contribution < 1.29 is 14.3 Å².